The van der Waals surface area contributed by atoms with E-state index < -0.39 is 0 Å². The van der Waals surface area contributed by atoms with Crippen LogP contribution in [0.1, 0.15) is 46.0 Å². The molecule has 0 bridgehead atoms. The molecule has 76 valence electrons. The van der Waals surface area contributed by atoms with Crippen LogP contribution < -0.4 is 0 Å². The van der Waals surface area contributed by atoms with Gasteiger partial charge < -0.3 is 5.11 Å². The smallest absolute Gasteiger partial charge is 0.0774 e. The fourth-order valence-corrected chi connectivity index (χ4v) is 2.76. The number of hydrogen-bond acceptors (Lipinski definition) is 1. The molecule has 13 heavy (non-hydrogen) atoms. The fraction of sp³-hybridized carbons (Fsp3) is 0.833. The van der Waals surface area contributed by atoms with Crippen LogP contribution in [0.15, 0.2) is 12.7 Å². The SMILES string of the molecule is C=CC(O)C1(CC(C)C)CCCC1. The van der Waals surface area contributed by atoms with Gasteiger partial charge in [-0.2, -0.15) is 0 Å². The Labute approximate surface area is 81.9 Å². The highest BCUT2D eigenvalue weighted by molar-refractivity contribution is 4.98. The van der Waals surface area contributed by atoms with Crippen LogP contribution in [-0.2, 0) is 0 Å². The van der Waals surface area contributed by atoms with Crippen LogP contribution in [0.3, 0.4) is 0 Å². The molecule has 1 unspecified atom stereocenters. The largest absolute Gasteiger partial charge is 0.388 e. The second kappa shape index (κ2) is 4.28. The van der Waals surface area contributed by atoms with Gasteiger partial charge in [-0.3, -0.25) is 0 Å². The first kappa shape index (κ1) is 10.8. The zero-order valence-electron chi connectivity index (χ0n) is 8.92. The predicted octanol–water partition coefficient (Wildman–Crippen LogP) is 3.14. The summed E-state index contributed by atoms with van der Waals surface area (Å²) in [6, 6.07) is 0. The molecule has 1 atom stereocenters. The van der Waals surface area contributed by atoms with Crippen LogP contribution in [0.5, 0.6) is 0 Å². The van der Waals surface area contributed by atoms with Crippen molar-refractivity contribution in [3.8, 4) is 0 Å². The maximum atomic E-state index is 9.94. The van der Waals surface area contributed by atoms with Gasteiger partial charge in [0.15, 0.2) is 0 Å². The van der Waals surface area contributed by atoms with E-state index in [1.165, 1.54) is 25.7 Å². The Hall–Kier alpha value is -0.300. The molecule has 1 heteroatoms. The van der Waals surface area contributed by atoms with Crippen molar-refractivity contribution in [2.45, 2.75) is 52.1 Å². The molecule has 1 aliphatic carbocycles. The Morgan fingerprint density at radius 1 is 1.38 bits per heavy atom. The highest BCUT2D eigenvalue weighted by Gasteiger charge is 2.39. The van der Waals surface area contributed by atoms with Crippen molar-refractivity contribution < 1.29 is 5.11 Å². The van der Waals surface area contributed by atoms with Crippen LogP contribution in [0.2, 0.25) is 0 Å². The third-order valence-electron chi connectivity index (χ3n) is 3.26. The van der Waals surface area contributed by atoms with Gasteiger partial charge in [0.05, 0.1) is 6.10 Å². The van der Waals surface area contributed by atoms with Crippen LogP contribution in [0, 0.1) is 11.3 Å². The summed E-state index contributed by atoms with van der Waals surface area (Å²) in [6.07, 6.45) is 7.47. The topological polar surface area (TPSA) is 20.2 Å². The summed E-state index contributed by atoms with van der Waals surface area (Å²) < 4.78 is 0. The molecule has 0 aromatic carbocycles. The van der Waals surface area contributed by atoms with E-state index in [9.17, 15) is 5.11 Å². The number of rotatable bonds is 4. The standard InChI is InChI=1S/C12H22O/c1-4-11(13)12(9-10(2)3)7-5-6-8-12/h4,10-11,13H,1,5-9H2,2-3H3. The first-order valence-corrected chi connectivity index (χ1v) is 5.41. The van der Waals surface area contributed by atoms with Gasteiger partial charge in [-0.05, 0) is 25.2 Å². The van der Waals surface area contributed by atoms with Crippen molar-refractivity contribution in [3.05, 3.63) is 12.7 Å². The maximum absolute atomic E-state index is 9.94. The summed E-state index contributed by atoms with van der Waals surface area (Å²) in [4.78, 5) is 0. The van der Waals surface area contributed by atoms with Crippen molar-refractivity contribution in [2.24, 2.45) is 11.3 Å². The van der Waals surface area contributed by atoms with Crippen molar-refractivity contribution in [3.63, 3.8) is 0 Å². The summed E-state index contributed by atoms with van der Waals surface area (Å²) in [7, 11) is 0. The van der Waals surface area contributed by atoms with E-state index in [0.29, 0.717) is 5.92 Å². The quantitative estimate of drug-likeness (QED) is 0.662. The van der Waals surface area contributed by atoms with Gasteiger partial charge in [-0.1, -0.05) is 32.8 Å². The Morgan fingerprint density at radius 3 is 2.31 bits per heavy atom. The average Bonchev–Trinajstić information content (AvgIpc) is 2.51. The first-order valence-electron chi connectivity index (χ1n) is 5.41. The minimum absolute atomic E-state index is 0.163. The molecule has 1 aliphatic rings. The number of aliphatic hydroxyl groups is 1. The van der Waals surface area contributed by atoms with E-state index in [0.717, 1.165) is 6.42 Å². The summed E-state index contributed by atoms with van der Waals surface area (Å²) in [5.74, 6) is 0.674. The lowest BCUT2D eigenvalue weighted by molar-refractivity contribution is 0.0481. The minimum Gasteiger partial charge on any atom is -0.388 e. The summed E-state index contributed by atoms with van der Waals surface area (Å²) in [6.45, 7) is 8.17. The molecule has 0 saturated heterocycles. The molecule has 1 fully saturated rings. The Morgan fingerprint density at radius 2 is 1.92 bits per heavy atom. The van der Waals surface area contributed by atoms with Crippen molar-refractivity contribution in [1.29, 1.82) is 0 Å². The van der Waals surface area contributed by atoms with E-state index in [4.69, 9.17) is 0 Å². The van der Waals surface area contributed by atoms with Gasteiger partial charge in [0.1, 0.15) is 0 Å². The lowest BCUT2D eigenvalue weighted by Gasteiger charge is -2.34. The van der Waals surface area contributed by atoms with Crippen LogP contribution in [0.4, 0.5) is 0 Å². The van der Waals surface area contributed by atoms with E-state index in [2.05, 4.69) is 20.4 Å². The Balaban J connectivity index is 2.68. The predicted molar refractivity (Wildman–Crippen MR) is 56.6 cm³/mol. The van der Waals surface area contributed by atoms with Crippen LogP contribution in [-0.4, -0.2) is 11.2 Å². The van der Waals surface area contributed by atoms with Gasteiger partial charge in [-0.15, -0.1) is 6.58 Å². The van der Waals surface area contributed by atoms with E-state index in [1.54, 1.807) is 6.08 Å². The molecule has 0 radical (unpaired) electrons. The molecule has 1 rings (SSSR count). The molecule has 0 aliphatic heterocycles. The Bertz CT molecular complexity index is 166. The molecule has 0 aromatic rings. The normalized spacial score (nSPS) is 23.4. The van der Waals surface area contributed by atoms with Gasteiger partial charge in [0, 0.05) is 5.41 Å². The molecule has 1 nitrogen and oxygen atoms in total. The van der Waals surface area contributed by atoms with Crippen molar-refractivity contribution >= 4 is 0 Å². The van der Waals surface area contributed by atoms with Gasteiger partial charge >= 0.3 is 0 Å². The molecule has 0 heterocycles. The summed E-state index contributed by atoms with van der Waals surface area (Å²) in [5, 5.41) is 9.94. The maximum Gasteiger partial charge on any atom is 0.0774 e. The van der Waals surface area contributed by atoms with Gasteiger partial charge in [-0.25, -0.2) is 0 Å². The van der Waals surface area contributed by atoms with Gasteiger partial charge in [0.2, 0.25) is 0 Å². The van der Waals surface area contributed by atoms with Gasteiger partial charge in [0.25, 0.3) is 0 Å². The number of aliphatic hydroxyl groups excluding tert-OH is 1. The monoisotopic (exact) mass is 182 g/mol. The van der Waals surface area contributed by atoms with E-state index in [-0.39, 0.29) is 11.5 Å². The molecule has 1 N–H and O–H groups in total. The summed E-state index contributed by atoms with van der Waals surface area (Å²) >= 11 is 0. The first-order chi connectivity index (χ1) is 6.10. The molecule has 1 saturated carbocycles. The van der Waals surface area contributed by atoms with Crippen LogP contribution in [0.25, 0.3) is 0 Å². The zero-order valence-corrected chi connectivity index (χ0v) is 8.92. The van der Waals surface area contributed by atoms with Crippen molar-refractivity contribution in [2.75, 3.05) is 0 Å². The molecule has 0 aromatic heterocycles. The third kappa shape index (κ3) is 2.34. The highest BCUT2D eigenvalue weighted by Crippen LogP contribution is 2.46. The van der Waals surface area contributed by atoms with Crippen molar-refractivity contribution in [1.82, 2.24) is 0 Å². The highest BCUT2D eigenvalue weighted by atomic mass is 16.3. The Kier molecular flexibility index (Phi) is 3.55. The lowest BCUT2D eigenvalue weighted by Crippen LogP contribution is -2.32. The molecular weight excluding hydrogens is 160 g/mol. The molecule has 0 amide bonds. The number of hydrogen-bond donors (Lipinski definition) is 1. The van der Waals surface area contributed by atoms with E-state index in [1.807, 2.05) is 0 Å². The van der Waals surface area contributed by atoms with E-state index >= 15 is 0 Å². The minimum atomic E-state index is -0.294. The average molecular weight is 182 g/mol. The second-order valence-corrected chi connectivity index (χ2v) is 4.85. The second-order valence-electron chi connectivity index (χ2n) is 4.85. The lowest BCUT2D eigenvalue weighted by atomic mass is 9.74. The third-order valence-corrected chi connectivity index (χ3v) is 3.26. The fourth-order valence-electron chi connectivity index (χ4n) is 2.76. The molecular formula is C12H22O. The zero-order chi connectivity index (χ0) is 9.90. The molecule has 0 spiro atoms. The summed E-state index contributed by atoms with van der Waals surface area (Å²) in [5.41, 5.74) is 0.163. The van der Waals surface area contributed by atoms with Crippen LogP contribution >= 0.6 is 0 Å².